The molecule has 1 amide bonds. The van der Waals surface area contributed by atoms with Crippen molar-refractivity contribution >= 4 is 27.3 Å². The van der Waals surface area contributed by atoms with Crippen LogP contribution in [0.25, 0.3) is 0 Å². The van der Waals surface area contributed by atoms with Gasteiger partial charge in [0.15, 0.2) is 9.84 Å². The standard InChI is InChI=1S/C21H24ClNO4S/c1-23(11-12-27-19-7-3-6-18(22)15-19)21(24)10-13-28(25,26)20-9-8-16-4-2-5-17(16)14-20/h3,6-9,14-15H,2,4-5,10-13H2,1H3. The molecule has 0 bridgehead atoms. The number of nitrogens with zero attached hydrogens (tertiary/aromatic N) is 1. The molecule has 0 spiro atoms. The zero-order valence-corrected chi connectivity index (χ0v) is 17.4. The Morgan fingerprint density at radius 2 is 1.93 bits per heavy atom. The van der Waals surface area contributed by atoms with E-state index in [1.54, 1.807) is 43.4 Å². The summed E-state index contributed by atoms with van der Waals surface area (Å²) < 4.78 is 30.7. The van der Waals surface area contributed by atoms with E-state index in [-0.39, 0.29) is 18.1 Å². The van der Waals surface area contributed by atoms with Crippen LogP contribution >= 0.6 is 11.6 Å². The molecule has 1 aliphatic rings. The van der Waals surface area contributed by atoms with Crippen LogP contribution < -0.4 is 4.74 Å². The molecular formula is C21H24ClNO4S. The number of benzene rings is 2. The smallest absolute Gasteiger partial charge is 0.223 e. The topological polar surface area (TPSA) is 63.7 Å². The van der Waals surface area contributed by atoms with Crippen LogP contribution in [0.15, 0.2) is 47.4 Å². The minimum Gasteiger partial charge on any atom is -0.492 e. The molecule has 0 heterocycles. The lowest BCUT2D eigenvalue weighted by molar-refractivity contribution is -0.129. The maximum Gasteiger partial charge on any atom is 0.223 e. The van der Waals surface area contributed by atoms with Crippen molar-refractivity contribution in [1.29, 1.82) is 0 Å². The molecule has 0 aromatic heterocycles. The monoisotopic (exact) mass is 421 g/mol. The van der Waals surface area contributed by atoms with Crippen LogP contribution in [0.1, 0.15) is 24.0 Å². The van der Waals surface area contributed by atoms with Gasteiger partial charge in [0.05, 0.1) is 17.2 Å². The third-order valence-electron chi connectivity index (χ3n) is 4.93. The number of likely N-dealkylation sites (N-methyl/N-ethyl adjacent to an activating group) is 1. The molecule has 0 saturated carbocycles. The van der Waals surface area contributed by atoms with Gasteiger partial charge in [-0.25, -0.2) is 8.42 Å². The summed E-state index contributed by atoms with van der Waals surface area (Å²) in [6, 6.07) is 12.4. The molecule has 0 N–H and O–H groups in total. The molecule has 2 aromatic rings. The van der Waals surface area contributed by atoms with Crippen LogP contribution in [-0.2, 0) is 27.5 Å². The van der Waals surface area contributed by atoms with E-state index in [4.69, 9.17) is 16.3 Å². The van der Waals surface area contributed by atoms with E-state index in [2.05, 4.69) is 0 Å². The summed E-state index contributed by atoms with van der Waals surface area (Å²) in [6.07, 6.45) is 2.95. The Kier molecular flexibility index (Phi) is 6.62. The maximum atomic E-state index is 12.6. The Balaban J connectivity index is 1.48. The predicted octanol–water partition coefficient (Wildman–Crippen LogP) is 3.53. The molecule has 28 heavy (non-hydrogen) atoms. The minimum atomic E-state index is -3.47. The molecule has 0 aliphatic heterocycles. The second-order valence-corrected chi connectivity index (χ2v) is 9.52. The van der Waals surface area contributed by atoms with Gasteiger partial charge in [0.1, 0.15) is 12.4 Å². The molecule has 5 nitrogen and oxygen atoms in total. The fourth-order valence-electron chi connectivity index (χ4n) is 3.25. The maximum absolute atomic E-state index is 12.6. The molecule has 2 aromatic carbocycles. The third kappa shape index (κ3) is 5.26. The number of hydrogen-bond acceptors (Lipinski definition) is 4. The van der Waals surface area contributed by atoms with Gasteiger partial charge in [0.25, 0.3) is 0 Å². The van der Waals surface area contributed by atoms with Crippen LogP contribution in [0.2, 0.25) is 5.02 Å². The lowest BCUT2D eigenvalue weighted by atomic mass is 10.1. The molecule has 0 saturated heterocycles. The van der Waals surface area contributed by atoms with E-state index in [1.807, 2.05) is 6.07 Å². The fraction of sp³-hybridized carbons (Fsp3) is 0.381. The highest BCUT2D eigenvalue weighted by atomic mass is 35.5. The lowest BCUT2D eigenvalue weighted by Gasteiger charge is -2.17. The third-order valence-corrected chi connectivity index (χ3v) is 6.88. The Morgan fingerprint density at radius 3 is 2.71 bits per heavy atom. The number of carbonyl (C=O) groups is 1. The molecule has 0 fully saturated rings. The zero-order valence-electron chi connectivity index (χ0n) is 15.9. The quantitative estimate of drug-likeness (QED) is 0.654. The molecule has 150 valence electrons. The van der Waals surface area contributed by atoms with Crippen molar-refractivity contribution in [2.45, 2.75) is 30.6 Å². The van der Waals surface area contributed by atoms with Gasteiger partial charge in [-0.15, -0.1) is 0 Å². The highest BCUT2D eigenvalue weighted by Gasteiger charge is 2.21. The Hall–Kier alpha value is -2.05. The first kappa shape index (κ1) is 20.7. The number of amides is 1. The van der Waals surface area contributed by atoms with E-state index in [0.717, 1.165) is 24.8 Å². The number of fused-ring (bicyclic) bond motifs is 1. The van der Waals surface area contributed by atoms with Crippen molar-refractivity contribution in [1.82, 2.24) is 4.90 Å². The van der Waals surface area contributed by atoms with Crippen LogP contribution in [0, 0.1) is 0 Å². The number of rotatable bonds is 8. The first-order chi connectivity index (χ1) is 13.3. The number of sulfone groups is 1. The van der Waals surface area contributed by atoms with Gasteiger partial charge in [-0.2, -0.15) is 0 Å². The van der Waals surface area contributed by atoms with Crippen LogP contribution in [-0.4, -0.2) is 45.2 Å². The van der Waals surface area contributed by atoms with Gasteiger partial charge in [-0.1, -0.05) is 23.7 Å². The van der Waals surface area contributed by atoms with Gasteiger partial charge in [0, 0.05) is 18.5 Å². The van der Waals surface area contributed by atoms with E-state index >= 15 is 0 Å². The van der Waals surface area contributed by atoms with Crippen LogP contribution in [0.5, 0.6) is 5.75 Å². The van der Waals surface area contributed by atoms with Crippen molar-refractivity contribution in [3.63, 3.8) is 0 Å². The van der Waals surface area contributed by atoms with Gasteiger partial charge < -0.3 is 9.64 Å². The van der Waals surface area contributed by atoms with Crippen molar-refractivity contribution in [2.24, 2.45) is 0 Å². The summed E-state index contributed by atoms with van der Waals surface area (Å²) in [5.74, 6) is 0.219. The molecule has 1 aliphatic carbocycles. The van der Waals surface area contributed by atoms with Crippen LogP contribution in [0.3, 0.4) is 0 Å². The predicted molar refractivity (Wildman–Crippen MR) is 110 cm³/mol. The van der Waals surface area contributed by atoms with Crippen molar-refractivity contribution in [3.8, 4) is 5.75 Å². The highest BCUT2D eigenvalue weighted by Crippen LogP contribution is 2.25. The van der Waals surface area contributed by atoms with Gasteiger partial charge >= 0.3 is 0 Å². The number of halogens is 1. The molecule has 0 radical (unpaired) electrons. The van der Waals surface area contributed by atoms with E-state index in [0.29, 0.717) is 28.8 Å². The van der Waals surface area contributed by atoms with E-state index in [1.165, 1.54) is 10.5 Å². The average Bonchev–Trinajstić information content (AvgIpc) is 3.14. The van der Waals surface area contributed by atoms with E-state index < -0.39 is 9.84 Å². The molecule has 0 atom stereocenters. The number of ether oxygens (including phenoxy) is 1. The summed E-state index contributed by atoms with van der Waals surface area (Å²) in [4.78, 5) is 14.1. The number of carbonyl (C=O) groups excluding carboxylic acids is 1. The minimum absolute atomic E-state index is 0.0485. The SMILES string of the molecule is CN(CCOc1cccc(Cl)c1)C(=O)CCS(=O)(=O)c1ccc2c(c1)CCC2. The van der Waals surface area contributed by atoms with Gasteiger partial charge in [-0.3, -0.25) is 4.79 Å². The second-order valence-electron chi connectivity index (χ2n) is 6.97. The van der Waals surface area contributed by atoms with Crippen molar-refractivity contribution < 1.29 is 17.9 Å². The largest absolute Gasteiger partial charge is 0.492 e. The molecule has 3 rings (SSSR count). The summed E-state index contributed by atoms with van der Waals surface area (Å²) in [5, 5.41) is 0.582. The first-order valence-corrected chi connectivity index (χ1v) is 11.3. The summed E-state index contributed by atoms with van der Waals surface area (Å²) in [5.41, 5.74) is 2.34. The van der Waals surface area contributed by atoms with Crippen molar-refractivity contribution in [2.75, 3.05) is 26.0 Å². The molecular weight excluding hydrogens is 398 g/mol. The fourth-order valence-corrected chi connectivity index (χ4v) is 4.71. The lowest BCUT2D eigenvalue weighted by Crippen LogP contribution is -2.32. The Labute approximate surface area is 171 Å². The zero-order chi connectivity index (χ0) is 20.1. The van der Waals surface area contributed by atoms with Crippen LogP contribution in [0.4, 0.5) is 0 Å². The summed E-state index contributed by atoms with van der Waals surface area (Å²) >= 11 is 5.90. The van der Waals surface area contributed by atoms with E-state index in [9.17, 15) is 13.2 Å². The number of hydrogen-bond donors (Lipinski definition) is 0. The first-order valence-electron chi connectivity index (χ1n) is 9.32. The second kappa shape index (κ2) is 8.97. The van der Waals surface area contributed by atoms with Gasteiger partial charge in [-0.05, 0) is 60.7 Å². The Morgan fingerprint density at radius 1 is 1.14 bits per heavy atom. The Bertz CT molecular complexity index is 959. The summed E-state index contributed by atoms with van der Waals surface area (Å²) in [6.45, 7) is 0.671. The highest BCUT2D eigenvalue weighted by molar-refractivity contribution is 7.91. The normalized spacial score (nSPS) is 13.2. The number of aryl methyl sites for hydroxylation is 2. The van der Waals surface area contributed by atoms with Gasteiger partial charge in [0.2, 0.25) is 5.91 Å². The summed E-state index contributed by atoms with van der Waals surface area (Å²) in [7, 11) is -1.83. The van der Waals surface area contributed by atoms with Crippen molar-refractivity contribution in [3.05, 3.63) is 58.6 Å². The molecule has 7 heteroatoms. The molecule has 0 unspecified atom stereocenters. The average molecular weight is 422 g/mol.